The van der Waals surface area contributed by atoms with Crippen molar-refractivity contribution in [3.05, 3.63) is 122 Å². The van der Waals surface area contributed by atoms with Crippen molar-refractivity contribution in [2.75, 3.05) is 0 Å². The topological polar surface area (TPSA) is 39.8 Å². The fourth-order valence-electron chi connectivity index (χ4n) is 3.59. The highest BCUT2D eigenvalue weighted by atomic mass is 35.5. The van der Waals surface area contributed by atoms with Gasteiger partial charge in [0, 0.05) is 33.3 Å². The zero-order chi connectivity index (χ0) is 22.8. The molecular formula is C26H18ClN3OS2. The molecule has 5 rings (SSSR count). The molecule has 0 aliphatic heterocycles. The van der Waals surface area contributed by atoms with E-state index >= 15 is 0 Å². The first kappa shape index (κ1) is 21.5. The summed E-state index contributed by atoms with van der Waals surface area (Å²) in [5.74, 6) is 0. The predicted octanol–water partition coefficient (Wildman–Crippen LogP) is 6.86. The second kappa shape index (κ2) is 9.27. The van der Waals surface area contributed by atoms with Crippen LogP contribution in [-0.2, 0) is 6.54 Å². The number of benzene rings is 3. The summed E-state index contributed by atoms with van der Waals surface area (Å²) in [6, 6.07) is 28.9. The van der Waals surface area contributed by atoms with Crippen molar-refractivity contribution in [2.24, 2.45) is 0 Å². The van der Waals surface area contributed by atoms with Gasteiger partial charge in [-0.3, -0.25) is 9.36 Å². The lowest BCUT2D eigenvalue weighted by Crippen LogP contribution is -2.19. The van der Waals surface area contributed by atoms with Crippen molar-refractivity contribution in [1.82, 2.24) is 14.3 Å². The van der Waals surface area contributed by atoms with Gasteiger partial charge in [0.1, 0.15) is 5.69 Å². The monoisotopic (exact) mass is 487 g/mol. The van der Waals surface area contributed by atoms with Crippen LogP contribution in [0.15, 0.2) is 102 Å². The summed E-state index contributed by atoms with van der Waals surface area (Å²) in [5.41, 5.74) is 4.36. The zero-order valence-corrected chi connectivity index (χ0v) is 19.8. The first-order chi connectivity index (χ1) is 16.1. The molecule has 2 aromatic heterocycles. The molecule has 7 heteroatoms. The van der Waals surface area contributed by atoms with Gasteiger partial charge in [0.05, 0.1) is 12.2 Å². The number of rotatable bonds is 5. The Balaban J connectivity index is 1.63. The summed E-state index contributed by atoms with van der Waals surface area (Å²) in [4.78, 5) is 13.8. The Hall–Kier alpha value is -3.32. The van der Waals surface area contributed by atoms with Gasteiger partial charge in [-0.15, -0.1) is 11.3 Å². The molecule has 0 bridgehead atoms. The zero-order valence-electron chi connectivity index (χ0n) is 17.4. The normalized spacial score (nSPS) is 10.9. The van der Waals surface area contributed by atoms with Crippen LogP contribution in [0.3, 0.4) is 0 Å². The fourth-order valence-corrected chi connectivity index (χ4v) is 5.01. The van der Waals surface area contributed by atoms with Crippen molar-refractivity contribution in [3.63, 3.8) is 0 Å². The molecule has 0 spiro atoms. The van der Waals surface area contributed by atoms with Crippen LogP contribution in [0, 0.1) is 3.95 Å². The van der Waals surface area contributed by atoms with Gasteiger partial charge in [-0.1, -0.05) is 72.3 Å². The van der Waals surface area contributed by atoms with Gasteiger partial charge in [0.2, 0.25) is 0 Å². The molecule has 0 amide bonds. The van der Waals surface area contributed by atoms with Gasteiger partial charge in [-0.25, -0.2) is 4.68 Å². The molecule has 3 aromatic carbocycles. The Labute approximate surface area is 205 Å². The standard InChI is InChI=1S/C26H18ClN3OS2/c27-20-13-11-19(12-14-20)25-22(17-30(28-25)21-9-5-2-6-10-21)23-15-24(31)29(26(32)33-23)16-18-7-3-1-4-8-18/h1-15,17H,16H2. The molecule has 0 unspecified atom stereocenters. The van der Waals surface area contributed by atoms with Crippen LogP contribution in [0.4, 0.5) is 0 Å². The van der Waals surface area contributed by atoms with Gasteiger partial charge in [0.15, 0.2) is 3.95 Å². The Morgan fingerprint density at radius 1 is 0.909 bits per heavy atom. The third kappa shape index (κ3) is 4.59. The Kier molecular flexibility index (Phi) is 6.05. The molecule has 0 radical (unpaired) electrons. The van der Waals surface area contributed by atoms with Crippen LogP contribution in [0.1, 0.15) is 5.56 Å². The highest BCUT2D eigenvalue weighted by Crippen LogP contribution is 2.34. The Morgan fingerprint density at radius 3 is 2.24 bits per heavy atom. The summed E-state index contributed by atoms with van der Waals surface area (Å²) in [7, 11) is 0. The molecule has 0 saturated carbocycles. The quantitative estimate of drug-likeness (QED) is 0.254. The fraction of sp³-hybridized carbons (Fsp3) is 0.0385. The van der Waals surface area contributed by atoms with Crippen LogP contribution in [-0.4, -0.2) is 14.3 Å². The number of para-hydroxylation sites is 1. The van der Waals surface area contributed by atoms with Crippen molar-refractivity contribution in [1.29, 1.82) is 0 Å². The smallest absolute Gasteiger partial charge is 0.253 e. The SMILES string of the molecule is O=c1cc(-c2cn(-c3ccccc3)nc2-c2ccc(Cl)cc2)sc(=S)n1Cc1ccccc1. The van der Waals surface area contributed by atoms with Crippen LogP contribution in [0.2, 0.25) is 5.02 Å². The van der Waals surface area contributed by atoms with E-state index in [-0.39, 0.29) is 5.56 Å². The van der Waals surface area contributed by atoms with Gasteiger partial charge in [-0.05, 0) is 42.0 Å². The molecular weight excluding hydrogens is 470 g/mol. The van der Waals surface area contributed by atoms with Gasteiger partial charge < -0.3 is 0 Å². The molecule has 0 N–H and O–H groups in total. The number of halogens is 1. The lowest BCUT2D eigenvalue weighted by Gasteiger charge is -2.08. The van der Waals surface area contributed by atoms with E-state index in [9.17, 15) is 4.79 Å². The number of aromatic nitrogens is 3. The third-order valence-electron chi connectivity index (χ3n) is 5.24. The minimum atomic E-state index is -0.132. The number of hydrogen-bond donors (Lipinski definition) is 0. The average molecular weight is 488 g/mol. The molecule has 0 saturated heterocycles. The van der Waals surface area contributed by atoms with E-state index in [1.54, 1.807) is 10.6 Å². The van der Waals surface area contributed by atoms with Crippen LogP contribution in [0.5, 0.6) is 0 Å². The second-order valence-corrected chi connectivity index (χ2v) is 9.58. The van der Waals surface area contributed by atoms with E-state index in [2.05, 4.69) is 0 Å². The van der Waals surface area contributed by atoms with E-state index in [0.717, 1.165) is 32.9 Å². The largest absolute Gasteiger partial charge is 0.287 e. The van der Waals surface area contributed by atoms with Gasteiger partial charge in [-0.2, -0.15) is 5.10 Å². The first-order valence-electron chi connectivity index (χ1n) is 10.3. The second-order valence-electron chi connectivity index (χ2n) is 7.46. The summed E-state index contributed by atoms with van der Waals surface area (Å²) in [5, 5.41) is 5.50. The molecule has 162 valence electrons. The Bertz CT molecular complexity index is 1490. The minimum Gasteiger partial charge on any atom is -0.287 e. The maximum atomic E-state index is 13.1. The molecule has 5 aromatic rings. The summed E-state index contributed by atoms with van der Waals surface area (Å²) in [6.07, 6.45) is 1.95. The molecule has 2 heterocycles. The van der Waals surface area contributed by atoms with Gasteiger partial charge >= 0.3 is 0 Å². The average Bonchev–Trinajstić information content (AvgIpc) is 3.29. The molecule has 0 aliphatic rings. The number of nitrogens with zero attached hydrogens (tertiary/aromatic N) is 3. The van der Waals surface area contributed by atoms with Crippen molar-refractivity contribution < 1.29 is 0 Å². The van der Waals surface area contributed by atoms with Gasteiger partial charge in [0.25, 0.3) is 5.56 Å². The summed E-state index contributed by atoms with van der Waals surface area (Å²) >= 11 is 13.2. The van der Waals surface area contributed by atoms with Crippen molar-refractivity contribution in [3.8, 4) is 27.4 Å². The molecule has 33 heavy (non-hydrogen) atoms. The number of hydrogen-bond acceptors (Lipinski definition) is 4. The maximum Gasteiger partial charge on any atom is 0.253 e. The van der Waals surface area contributed by atoms with E-state index in [1.165, 1.54) is 11.3 Å². The summed E-state index contributed by atoms with van der Waals surface area (Å²) in [6.45, 7) is 0.447. The Morgan fingerprint density at radius 2 is 1.58 bits per heavy atom. The summed E-state index contributed by atoms with van der Waals surface area (Å²) < 4.78 is 3.98. The van der Waals surface area contributed by atoms with E-state index in [0.29, 0.717) is 15.5 Å². The first-order valence-corrected chi connectivity index (χ1v) is 11.9. The van der Waals surface area contributed by atoms with Crippen molar-refractivity contribution >= 4 is 35.2 Å². The lowest BCUT2D eigenvalue weighted by atomic mass is 10.1. The highest BCUT2D eigenvalue weighted by molar-refractivity contribution is 7.73. The van der Waals surface area contributed by atoms with Crippen LogP contribution in [0.25, 0.3) is 27.4 Å². The highest BCUT2D eigenvalue weighted by Gasteiger charge is 2.16. The lowest BCUT2D eigenvalue weighted by molar-refractivity contribution is 0.762. The van der Waals surface area contributed by atoms with Crippen LogP contribution < -0.4 is 5.56 Å². The van der Waals surface area contributed by atoms with E-state index < -0.39 is 0 Å². The molecule has 4 nitrogen and oxygen atoms in total. The molecule has 0 fully saturated rings. The van der Waals surface area contributed by atoms with E-state index in [4.69, 9.17) is 28.9 Å². The minimum absolute atomic E-state index is 0.132. The van der Waals surface area contributed by atoms with E-state index in [1.807, 2.05) is 95.8 Å². The van der Waals surface area contributed by atoms with Crippen LogP contribution >= 0.6 is 35.2 Å². The molecule has 0 aliphatic carbocycles. The maximum absolute atomic E-state index is 13.1. The molecule has 0 atom stereocenters. The third-order valence-corrected chi connectivity index (χ3v) is 6.91. The predicted molar refractivity (Wildman–Crippen MR) is 138 cm³/mol. The van der Waals surface area contributed by atoms with Crippen molar-refractivity contribution in [2.45, 2.75) is 6.54 Å².